The van der Waals surface area contributed by atoms with Crippen LogP contribution in [0.1, 0.15) is 5.56 Å². The molecule has 1 aromatic rings. The molecule has 0 unspecified atom stereocenters. The molecule has 0 heterocycles. The number of nitrogens with zero attached hydrogens (tertiary/aromatic N) is 2. The molecule has 0 saturated carbocycles. The highest BCUT2D eigenvalue weighted by atomic mass is 16.3. The quantitative estimate of drug-likeness (QED) is 0.490. The molecular formula is C16H16N2O2. The number of benzene rings is 1. The molecule has 0 spiro atoms. The second-order valence-electron chi connectivity index (χ2n) is 4.05. The van der Waals surface area contributed by atoms with Crippen molar-refractivity contribution in [3.63, 3.8) is 0 Å². The predicted molar refractivity (Wildman–Crippen MR) is 78.7 cm³/mol. The number of carbonyl (C=O) groups excluding carboxylic acids is 1. The van der Waals surface area contributed by atoms with E-state index in [2.05, 4.69) is 13.2 Å². The van der Waals surface area contributed by atoms with Crippen LogP contribution in [0.25, 0.3) is 6.08 Å². The zero-order chi connectivity index (χ0) is 15.0. The molecule has 20 heavy (non-hydrogen) atoms. The maximum atomic E-state index is 12.2. The lowest BCUT2D eigenvalue weighted by atomic mass is 10.1. The third-order valence-corrected chi connectivity index (χ3v) is 2.54. The van der Waals surface area contributed by atoms with Crippen molar-refractivity contribution in [1.82, 2.24) is 4.90 Å². The van der Waals surface area contributed by atoms with Crippen LogP contribution in [0.3, 0.4) is 0 Å². The maximum Gasteiger partial charge on any atom is 0.265 e. The summed E-state index contributed by atoms with van der Waals surface area (Å²) in [6.07, 6.45) is 4.68. The number of phenolic OH excluding ortho intramolecular Hbond substituents is 1. The Bertz CT molecular complexity index is 555. The fourth-order valence-corrected chi connectivity index (χ4v) is 1.60. The average molecular weight is 268 g/mol. The van der Waals surface area contributed by atoms with Crippen LogP contribution < -0.4 is 0 Å². The number of hydrogen-bond donors (Lipinski definition) is 1. The van der Waals surface area contributed by atoms with Crippen molar-refractivity contribution in [1.29, 1.82) is 5.26 Å². The van der Waals surface area contributed by atoms with E-state index in [1.165, 1.54) is 23.1 Å². The van der Waals surface area contributed by atoms with Crippen molar-refractivity contribution in [2.75, 3.05) is 13.1 Å². The molecule has 0 aliphatic carbocycles. The summed E-state index contributed by atoms with van der Waals surface area (Å²) >= 11 is 0. The Balaban J connectivity index is 3.01. The van der Waals surface area contributed by atoms with Gasteiger partial charge in [-0.05, 0) is 23.8 Å². The minimum atomic E-state index is -0.375. The minimum Gasteiger partial charge on any atom is -0.508 e. The summed E-state index contributed by atoms with van der Waals surface area (Å²) in [5, 5.41) is 18.3. The fourth-order valence-electron chi connectivity index (χ4n) is 1.60. The molecular weight excluding hydrogens is 252 g/mol. The summed E-state index contributed by atoms with van der Waals surface area (Å²) in [5.41, 5.74) is 0.698. The number of nitriles is 1. The minimum absolute atomic E-state index is 0.0272. The highest BCUT2D eigenvalue weighted by Crippen LogP contribution is 2.14. The first-order chi connectivity index (χ1) is 9.62. The second-order valence-corrected chi connectivity index (χ2v) is 4.05. The molecule has 102 valence electrons. The lowest BCUT2D eigenvalue weighted by molar-refractivity contribution is -0.125. The van der Waals surface area contributed by atoms with E-state index in [0.29, 0.717) is 18.7 Å². The Kier molecular flexibility index (Phi) is 5.79. The van der Waals surface area contributed by atoms with Crippen LogP contribution in [0.4, 0.5) is 0 Å². The molecule has 0 atom stereocenters. The molecule has 0 saturated heterocycles. The molecule has 1 rings (SSSR count). The first-order valence-corrected chi connectivity index (χ1v) is 6.04. The summed E-state index contributed by atoms with van der Waals surface area (Å²) < 4.78 is 0. The highest BCUT2D eigenvalue weighted by Gasteiger charge is 2.15. The van der Waals surface area contributed by atoms with Crippen LogP contribution >= 0.6 is 0 Å². The van der Waals surface area contributed by atoms with Crippen molar-refractivity contribution < 1.29 is 9.90 Å². The van der Waals surface area contributed by atoms with Gasteiger partial charge in [-0.25, -0.2) is 0 Å². The van der Waals surface area contributed by atoms with Crippen molar-refractivity contribution >= 4 is 12.0 Å². The Morgan fingerprint density at radius 2 is 1.80 bits per heavy atom. The molecule has 1 aromatic carbocycles. The van der Waals surface area contributed by atoms with Crippen LogP contribution in [0.5, 0.6) is 5.75 Å². The van der Waals surface area contributed by atoms with Crippen molar-refractivity contribution in [2.45, 2.75) is 0 Å². The van der Waals surface area contributed by atoms with E-state index in [0.717, 1.165) is 0 Å². The van der Waals surface area contributed by atoms with Gasteiger partial charge >= 0.3 is 0 Å². The maximum absolute atomic E-state index is 12.2. The highest BCUT2D eigenvalue weighted by molar-refractivity contribution is 6.01. The summed E-state index contributed by atoms with van der Waals surface area (Å²) in [6, 6.07) is 8.15. The Labute approximate surface area is 118 Å². The van der Waals surface area contributed by atoms with Crippen molar-refractivity contribution in [3.8, 4) is 11.8 Å². The Morgan fingerprint density at radius 3 is 2.25 bits per heavy atom. The predicted octanol–water partition coefficient (Wildman–Crippen LogP) is 2.50. The smallest absolute Gasteiger partial charge is 0.265 e. The van der Waals surface area contributed by atoms with Gasteiger partial charge in [0.15, 0.2) is 0 Å². The van der Waals surface area contributed by atoms with Gasteiger partial charge < -0.3 is 10.0 Å². The first kappa shape index (κ1) is 15.3. The molecule has 0 bridgehead atoms. The van der Waals surface area contributed by atoms with Gasteiger partial charge in [-0.2, -0.15) is 5.26 Å². The topological polar surface area (TPSA) is 64.3 Å². The van der Waals surface area contributed by atoms with E-state index in [4.69, 9.17) is 5.26 Å². The van der Waals surface area contributed by atoms with Crippen LogP contribution in [-0.2, 0) is 4.79 Å². The van der Waals surface area contributed by atoms with Gasteiger partial charge in [0.05, 0.1) is 0 Å². The largest absolute Gasteiger partial charge is 0.508 e. The standard InChI is InChI=1S/C16H16N2O2/c1-3-9-18(10-4-2)16(20)14(12-17)11-13-5-7-15(19)8-6-13/h3-8,11,19H,1-2,9-10H2/b14-11+. The molecule has 0 radical (unpaired) electrons. The molecule has 0 aliphatic rings. The van der Waals surface area contributed by atoms with Crippen LogP contribution in [0.15, 0.2) is 55.1 Å². The molecule has 0 aromatic heterocycles. The van der Waals surface area contributed by atoms with Crippen LogP contribution in [-0.4, -0.2) is 29.0 Å². The third kappa shape index (κ3) is 4.14. The molecule has 1 N–H and O–H groups in total. The van der Waals surface area contributed by atoms with E-state index >= 15 is 0 Å². The first-order valence-electron chi connectivity index (χ1n) is 6.04. The summed E-state index contributed by atoms with van der Waals surface area (Å²) in [5.74, 6) is -0.243. The van der Waals surface area contributed by atoms with Crippen LogP contribution in [0.2, 0.25) is 0 Å². The number of amides is 1. The molecule has 4 nitrogen and oxygen atoms in total. The average Bonchev–Trinajstić information content (AvgIpc) is 2.46. The van der Waals surface area contributed by atoms with Gasteiger partial charge in [0.25, 0.3) is 5.91 Å². The zero-order valence-corrected chi connectivity index (χ0v) is 11.1. The van der Waals surface area contributed by atoms with E-state index in [9.17, 15) is 9.90 Å². The Hall–Kier alpha value is -2.80. The van der Waals surface area contributed by atoms with Crippen molar-refractivity contribution in [3.05, 3.63) is 60.7 Å². The second kappa shape index (κ2) is 7.59. The summed E-state index contributed by atoms with van der Waals surface area (Å²) in [7, 11) is 0. The number of aromatic hydroxyl groups is 1. The van der Waals surface area contributed by atoms with Gasteiger partial charge in [0.2, 0.25) is 0 Å². The summed E-state index contributed by atoms with van der Waals surface area (Å²) in [6.45, 7) is 7.86. The van der Waals surface area contributed by atoms with E-state index in [1.54, 1.807) is 24.3 Å². The SMILES string of the molecule is C=CCN(CC=C)C(=O)/C(C#N)=C/c1ccc(O)cc1. The van der Waals surface area contributed by atoms with Crippen molar-refractivity contribution in [2.24, 2.45) is 0 Å². The molecule has 4 heteroatoms. The van der Waals surface area contributed by atoms with E-state index in [1.807, 2.05) is 6.07 Å². The van der Waals surface area contributed by atoms with Gasteiger partial charge in [0.1, 0.15) is 17.4 Å². The number of hydrogen-bond acceptors (Lipinski definition) is 3. The summed E-state index contributed by atoms with van der Waals surface area (Å²) in [4.78, 5) is 13.7. The lowest BCUT2D eigenvalue weighted by Crippen LogP contribution is -2.32. The third-order valence-electron chi connectivity index (χ3n) is 2.54. The molecule has 1 amide bonds. The number of rotatable bonds is 6. The van der Waals surface area contributed by atoms with Gasteiger partial charge in [-0.3, -0.25) is 4.79 Å². The normalized spacial score (nSPS) is 10.4. The fraction of sp³-hybridized carbons (Fsp3) is 0.125. The van der Waals surface area contributed by atoms with Crippen LogP contribution in [0, 0.1) is 11.3 Å². The Morgan fingerprint density at radius 1 is 1.25 bits per heavy atom. The zero-order valence-electron chi connectivity index (χ0n) is 11.1. The lowest BCUT2D eigenvalue weighted by Gasteiger charge is -2.18. The monoisotopic (exact) mass is 268 g/mol. The van der Waals surface area contributed by atoms with E-state index < -0.39 is 0 Å². The van der Waals surface area contributed by atoms with Gasteiger partial charge in [-0.1, -0.05) is 24.3 Å². The van der Waals surface area contributed by atoms with Gasteiger partial charge in [0, 0.05) is 13.1 Å². The molecule has 0 aliphatic heterocycles. The number of carbonyl (C=O) groups is 1. The molecule has 0 fully saturated rings. The number of phenols is 1. The van der Waals surface area contributed by atoms with E-state index in [-0.39, 0.29) is 17.2 Å². The van der Waals surface area contributed by atoms with Gasteiger partial charge in [-0.15, -0.1) is 13.2 Å².